The minimum atomic E-state index is -3.81. The third kappa shape index (κ3) is 6.20. The minimum Gasteiger partial charge on any atom is -0.469 e. The maximum absolute atomic E-state index is 12.8. The van der Waals surface area contributed by atoms with Crippen LogP contribution in [0.4, 0.5) is 5.69 Å². The Hall–Kier alpha value is -3.65. The molecule has 1 unspecified atom stereocenters. The number of carbonyl (C=O) groups excluding carboxylic acids is 2. The predicted molar refractivity (Wildman–Crippen MR) is 126 cm³/mol. The van der Waals surface area contributed by atoms with Crippen LogP contribution in [0.3, 0.4) is 0 Å². The predicted octanol–water partition coefficient (Wildman–Crippen LogP) is 4.14. The van der Waals surface area contributed by atoms with Crippen LogP contribution >= 0.6 is 0 Å². The number of hydrogen-bond donors (Lipinski definition) is 2. The summed E-state index contributed by atoms with van der Waals surface area (Å²) in [5.74, 6) is -0.887. The van der Waals surface area contributed by atoms with Gasteiger partial charge < -0.3 is 10.1 Å². The van der Waals surface area contributed by atoms with Gasteiger partial charge in [0.1, 0.15) is 0 Å². The number of amides is 1. The highest BCUT2D eigenvalue weighted by molar-refractivity contribution is 7.92. The molecule has 8 heteroatoms. The average Bonchev–Trinajstić information content (AvgIpc) is 2.81. The standard InChI is InChI=1S/C25H26N2O5S/c1-17-9-12-21(15-18(17)2)27-33(30,31)22-13-10-20(11-14-22)25(29)26-23(16-24(28)32-3)19-7-5-4-6-8-19/h4-15,23,27H,16H2,1-3H3,(H,26,29). The maximum Gasteiger partial charge on any atom is 0.307 e. The molecular weight excluding hydrogens is 440 g/mol. The number of sulfonamides is 1. The number of aryl methyl sites for hydroxylation is 2. The second-order valence-electron chi connectivity index (χ2n) is 7.65. The van der Waals surface area contributed by atoms with E-state index in [1.165, 1.54) is 31.4 Å². The van der Waals surface area contributed by atoms with Crippen molar-refractivity contribution in [3.63, 3.8) is 0 Å². The van der Waals surface area contributed by atoms with E-state index in [1.54, 1.807) is 12.1 Å². The van der Waals surface area contributed by atoms with Gasteiger partial charge in [-0.05, 0) is 66.9 Å². The largest absolute Gasteiger partial charge is 0.469 e. The second-order valence-corrected chi connectivity index (χ2v) is 9.33. The zero-order valence-corrected chi connectivity index (χ0v) is 19.5. The lowest BCUT2D eigenvalue weighted by Gasteiger charge is -2.18. The first-order chi connectivity index (χ1) is 15.7. The van der Waals surface area contributed by atoms with Crippen molar-refractivity contribution in [1.29, 1.82) is 0 Å². The number of anilines is 1. The molecule has 3 aromatic rings. The molecule has 7 nitrogen and oxygen atoms in total. The van der Waals surface area contributed by atoms with Gasteiger partial charge in [-0.3, -0.25) is 14.3 Å². The van der Waals surface area contributed by atoms with Crippen molar-refractivity contribution in [2.45, 2.75) is 31.2 Å². The van der Waals surface area contributed by atoms with E-state index < -0.39 is 27.9 Å². The van der Waals surface area contributed by atoms with Crippen LogP contribution < -0.4 is 10.0 Å². The number of nitrogens with one attached hydrogen (secondary N) is 2. The van der Waals surface area contributed by atoms with Gasteiger partial charge in [-0.25, -0.2) is 8.42 Å². The summed E-state index contributed by atoms with van der Waals surface area (Å²) < 4.78 is 32.8. The number of methoxy groups -OCH3 is 1. The lowest BCUT2D eigenvalue weighted by Crippen LogP contribution is -2.30. The van der Waals surface area contributed by atoms with Gasteiger partial charge in [0.05, 0.1) is 24.5 Å². The Balaban J connectivity index is 1.75. The Morgan fingerprint density at radius 1 is 0.909 bits per heavy atom. The maximum atomic E-state index is 12.8. The molecule has 0 aliphatic carbocycles. The fourth-order valence-corrected chi connectivity index (χ4v) is 4.28. The summed E-state index contributed by atoms with van der Waals surface area (Å²) in [5, 5.41) is 2.82. The van der Waals surface area contributed by atoms with E-state index in [2.05, 4.69) is 10.0 Å². The number of hydrogen-bond acceptors (Lipinski definition) is 5. The quantitative estimate of drug-likeness (QED) is 0.486. The molecule has 172 valence electrons. The number of rotatable bonds is 8. The van der Waals surface area contributed by atoms with E-state index >= 15 is 0 Å². The molecule has 0 aliphatic rings. The SMILES string of the molecule is COC(=O)CC(NC(=O)c1ccc(S(=O)(=O)Nc2ccc(C)c(C)c2)cc1)c1ccccc1. The summed E-state index contributed by atoms with van der Waals surface area (Å²) in [6.45, 7) is 3.86. The van der Waals surface area contributed by atoms with Gasteiger partial charge in [0.15, 0.2) is 0 Å². The van der Waals surface area contributed by atoms with Crippen LogP contribution in [0.25, 0.3) is 0 Å². The zero-order chi connectivity index (χ0) is 24.0. The van der Waals surface area contributed by atoms with Gasteiger partial charge in [-0.2, -0.15) is 0 Å². The topological polar surface area (TPSA) is 102 Å². The highest BCUT2D eigenvalue weighted by Crippen LogP contribution is 2.21. The van der Waals surface area contributed by atoms with Crippen molar-refractivity contribution in [2.75, 3.05) is 11.8 Å². The molecule has 0 spiro atoms. The van der Waals surface area contributed by atoms with Crippen LogP contribution in [0.15, 0.2) is 77.7 Å². The first kappa shape index (κ1) is 24.0. The number of carbonyl (C=O) groups is 2. The Labute approximate surface area is 193 Å². The molecule has 1 atom stereocenters. The Bertz CT molecular complexity index is 1240. The lowest BCUT2D eigenvalue weighted by molar-refractivity contribution is -0.141. The average molecular weight is 467 g/mol. The van der Waals surface area contributed by atoms with E-state index in [1.807, 2.05) is 50.2 Å². The normalized spacial score (nSPS) is 12.0. The van der Waals surface area contributed by atoms with E-state index in [0.29, 0.717) is 5.69 Å². The molecule has 0 bridgehead atoms. The summed E-state index contributed by atoms with van der Waals surface area (Å²) in [4.78, 5) is 24.6. The Morgan fingerprint density at radius 3 is 2.18 bits per heavy atom. The number of ether oxygens (including phenoxy) is 1. The third-order valence-corrected chi connectivity index (χ3v) is 6.69. The number of esters is 1. The molecule has 1 amide bonds. The minimum absolute atomic E-state index is 0.0292. The van der Waals surface area contributed by atoms with Crippen molar-refractivity contribution >= 4 is 27.6 Å². The van der Waals surface area contributed by atoms with Gasteiger partial charge >= 0.3 is 5.97 Å². The van der Waals surface area contributed by atoms with Gasteiger partial charge in [0, 0.05) is 11.3 Å². The third-order valence-electron chi connectivity index (χ3n) is 5.29. The van der Waals surface area contributed by atoms with Gasteiger partial charge in [0.2, 0.25) is 0 Å². The fourth-order valence-electron chi connectivity index (χ4n) is 3.23. The van der Waals surface area contributed by atoms with Crippen LogP contribution in [0.2, 0.25) is 0 Å². The molecule has 2 N–H and O–H groups in total. The molecule has 3 rings (SSSR count). The van der Waals surface area contributed by atoms with Crippen LogP contribution in [0.1, 0.15) is 39.5 Å². The monoisotopic (exact) mass is 466 g/mol. The van der Waals surface area contributed by atoms with E-state index in [4.69, 9.17) is 4.74 Å². The molecule has 0 radical (unpaired) electrons. The van der Waals surface area contributed by atoms with Crippen LogP contribution in [-0.2, 0) is 19.6 Å². The van der Waals surface area contributed by atoms with Crippen LogP contribution in [0.5, 0.6) is 0 Å². The molecule has 0 fully saturated rings. The number of benzene rings is 3. The van der Waals surface area contributed by atoms with Crippen molar-refractivity contribution in [3.05, 3.63) is 95.1 Å². The van der Waals surface area contributed by atoms with Gasteiger partial charge in [-0.15, -0.1) is 0 Å². The molecule has 0 saturated heterocycles. The molecule has 33 heavy (non-hydrogen) atoms. The summed E-state index contributed by atoms with van der Waals surface area (Å²) in [5.41, 5.74) is 3.53. The molecule has 0 heterocycles. The smallest absolute Gasteiger partial charge is 0.307 e. The van der Waals surface area contributed by atoms with Crippen molar-refractivity contribution in [1.82, 2.24) is 5.32 Å². The lowest BCUT2D eigenvalue weighted by atomic mass is 10.0. The molecular formula is C25H26N2O5S. The van der Waals surface area contributed by atoms with Crippen LogP contribution in [0, 0.1) is 13.8 Å². The molecule has 0 saturated carbocycles. The highest BCUT2D eigenvalue weighted by Gasteiger charge is 2.21. The fraction of sp³-hybridized carbons (Fsp3) is 0.200. The Morgan fingerprint density at radius 2 is 1.58 bits per heavy atom. The molecule has 3 aromatic carbocycles. The molecule has 0 aromatic heterocycles. The van der Waals surface area contributed by atoms with Crippen molar-refractivity contribution < 1.29 is 22.7 Å². The first-order valence-electron chi connectivity index (χ1n) is 10.3. The molecule has 0 aliphatic heterocycles. The van der Waals surface area contributed by atoms with E-state index in [0.717, 1.165) is 16.7 Å². The van der Waals surface area contributed by atoms with Crippen molar-refractivity contribution in [3.8, 4) is 0 Å². The van der Waals surface area contributed by atoms with E-state index in [9.17, 15) is 18.0 Å². The summed E-state index contributed by atoms with van der Waals surface area (Å²) in [6, 6.07) is 19.4. The summed E-state index contributed by atoms with van der Waals surface area (Å²) in [6.07, 6.45) is -0.0292. The second kappa shape index (κ2) is 10.3. The van der Waals surface area contributed by atoms with Gasteiger partial charge in [-0.1, -0.05) is 36.4 Å². The summed E-state index contributed by atoms with van der Waals surface area (Å²) >= 11 is 0. The van der Waals surface area contributed by atoms with Crippen LogP contribution in [-0.4, -0.2) is 27.4 Å². The zero-order valence-electron chi connectivity index (χ0n) is 18.7. The summed E-state index contributed by atoms with van der Waals surface area (Å²) in [7, 11) is -2.52. The Kier molecular flexibility index (Phi) is 7.50. The van der Waals surface area contributed by atoms with Crippen molar-refractivity contribution in [2.24, 2.45) is 0 Å². The van der Waals surface area contributed by atoms with Gasteiger partial charge in [0.25, 0.3) is 15.9 Å². The van der Waals surface area contributed by atoms with E-state index in [-0.39, 0.29) is 16.9 Å². The highest BCUT2D eigenvalue weighted by atomic mass is 32.2. The first-order valence-corrected chi connectivity index (χ1v) is 11.8.